The van der Waals surface area contributed by atoms with Gasteiger partial charge in [-0.25, -0.2) is 4.98 Å². The Bertz CT molecular complexity index is 650. The van der Waals surface area contributed by atoms with Gasteiger partial charge in [0.25, 0.3) is 0 Å². The third kappa shape index (κ3) is 3.01. The maximum Gasteiger partial charge on any atom is 0.329 e. The first-order chi connectivity index (χ1) is 8.97. The molecular formula is C10H7Cl2N5O2. The molecule has 0 radical (unpaired) electrons. The highest BCUT2D eigenvalue weighted by Crippen LogP contribution is 2.31. The maximum atomic E-state index is 10.9. The van der Waals surface area contributed by atoms with Crippen LogP contribution >= 0.6 is 23.2 Å². The lowest BCUT2D eigenvalue weighted by Crippen LogP contribution is -2.04. The second kappa shape index (κ2) is 5.25. The number of nitrogens with one attached hydrogen (secondary N) is 1. The van der Waals surface area contributed by atoms with Gasteiger partial charge in [0.1, 0.15) is 6.20 Å². The smallest absolute Gasteiger partial charge is 0.329 e. The average molecular weight is 300 g/mol. The van der Waals surface area contributed by atoms with Gasteiger partial charge in [-0.1, -0.05) is 23.2 Å². The van der Waals surface area contributed by atoms with Gasteiger partial charge < -0.3 is 11.1 Å². The lowest BCUT2D eigenvalue weighted by Gasteiger charge is -2.08. The van der Waals surface area contributed by atoms with Crippen molar-refractivity contribution in [3.8, 4) is 0 Å². The van der Waals surface area contributed by atoms with Gasteiger partial charge in [-0.2, -0.15) is 4.98 Å². The molecule has 19 heavy (non-hydrogen) atoms. The number of nitro groups is 1. The van der Waals surface area contributed by atoms with Crippen LogP contribution < -0.4 is 11.1 Å². The molecule has 0 amide bonds. The van der Waals surface area contributed by atoms with Crippen molar-refractivity contribution >= 4 is 46.3 Å². The number of hydrogen-bond acceptors (Lipinski definition) is 6. The monoisotopic (exact) mass is 299 g/mol. The molecule has 1 aromatic heterocycles. The molecule has 1 aromatic carbocycles. The van der Waals surface area contributed by atoms with Gasteiger partial charge >= 0.3 is 5.69 Å². The maximum absolute atomic E-state index is 10.9. The standard InChI is InChI=1S/C10H7Cl2N5O2/c11-5-1-2-7(6(12)3-5)15-9-8(17(18)19)4-14-10(13)16-9/h1-4H,(H3,13,14,15,16). The summed E-state index contributed by atoms with van der Waals surface area (Å²) >= 11 is 11.7. The van der Waals surface area contributed by atoms with Gasteiger partial charge in [-0.15, -0.1) is 0 Å². The van der Waals surface area contributed by atoms with Crippen molar-refractivity contribution in [2.75, 3.05) is 11.1 Å². The molecule has 0 saturated carbocycles. The Hall–Kier alpha value is -2.12. The number of nitrogens with two attached hydrogens (primary N) is 1. The highest BCUT2D eigenvalue weighted by atomic mass is 35.5. The topological polar surface area (TPSA) is 107 Å². The molecule has 1 heterocycles. The van der Waals surface area contributed by atoms with E-state index >= 15 is 0 Å². The summed E-state index contributed by atoms with van der Waals surface area (Å²) in [5, 5.41) is 14.3. The summed E-state index contributed by atoms with van der Waals surface area (Å²) in [7, 11) is 0. The molecule has 0 bridgehead atoms. The van der Waals surface area contributed by atoms with Crippen molar-refractivity contribution in [2.45, 2.75) is 0 Å². The first-order valence-corrected chi connectivity index (χ1v) is 5.72. The van der Waals surface area contributed by atoms with E-state index in [0.717, 1.165) is 6.20 Å². The normalized spacial score (nSPS) is 10.2. The molecule has 0 spiro atoms. The average Bonchev–Trinajstić information content (AvgIpc) is 2.32. The Kier molecular flexibility index (Phi) is 3.68. The summed E-state index contributed by atoms with van der Waals surface area (Å²) in [5.41, 5.74) is 5.52. The van der Waals surface area contributed by atoms with Crippen molar-refractivity contribution in [1.29, 1.82) is 0 Å². The van der Waals surface area contributed by atoms with Crippen molar-refractivity contribution in [3.05, 3.63) is 44.6 Å². The van der Waals surface area contributed by atoms with E-state index in [9.17, 15) is 10.1 Å². The first-order valence-electron chi connectivity index (χ1n) is 4.96. The van der Waals surface area contributed by atoms with Crippen molar-refractivity contribution in [1.82, 2.24) is 9.97 Å². The number of anilines is 3. The Labute approximate surface area is 117 Å². The number of nitrogens with zero attached hydrogens (tertiary/aromatic N) is 3. The van der Waals surface area contributed by atoms with Crippen LogP contribution in [-0.2, 0) is 0 Å². The number of halogens is 2. The second-order valence-corrected chi connectivity index (χ2v) is 4.31. The fourth-order valence-corrected chi connectivity index (χ4v) is 1.79. The Morgan fingerprint density at radius 2 is 2.11 bits per heavy atom. The van der Waals surface area contributed by atoms with Gasteiger partial charge in [0, 0.05) is 5.02 Å². The Morgan fingerprint density at radius 1 is 1.37 bits per heavy atom. The van der Waals surface area contributed by atoms with Crippen LogP contribution in [0.1, 0.15) is 0 Å². The zero-order valence-electron chi connectivity index (χ0n) is 9.30. The highest BCUT2D eigenvalue weighted by Gasteiger charge is 2.17. The minimum Gasteiger partial charge on any atom is -0.368 e. The third-order valence-electron chi connectivity index (χ3n) is 2.17. The summed E-state index contributed by atoms with van der Waals surface area (Å²) < 4.78 is 0. The van der Waals surface area contributed by atoms with Crippen LogP contribution in [0, 0.1) is 10.1 Å². The number of aromatic nitrogens is 2. The van der Waals surface area contributed by atoms with E-state index in [1.807, 2.05) is 0 Å². The van der Waals surface area contributed by atoms with Crippen LogP contribution in [0.15, 0.2) is 24.4 Å². The summed E-state index contributed by atoms with van der Waals surface area (Å²) in [6.07, 6.45) is 1.02. The minimum absolute atomic E-state index is 0.0401. The summed E-state index contributed by atoms with van der Waals surface area (Å²) in [6.45, 7) is 0. The van der Waals surface area contributed by atoms with Crippen molar-refractivity contribution in [2.24, 2.45) is 0 Å². The van der Waals surface area contributed by atoms with E-state index in [2.05, 4.69) is 15.3 Å². The summed E-state index contributed by atoms with van der Waals surface area (Å²) in [6, 6.07) is 4.67. The van der Waals surface area contributed by atoms with Crippen LogP contribution in [0.3, 0.4) is 0 Å². The molecule has 0 unspecified atom stereocenters. The van der Waals surface area contributed by atoms with Crippen molar-refractivity contribution < 1.29 is 4.92 Å². The molecule has 0 aliphatic heterocycles. The molecular weight excluding hydrogens is 293 g/mol. The number of nitrogen functional groups attached to an aromatic ring is 1. The molecule has 3 N–H and O–H groups in total. The fourth-order valence-electron chi connectivity index (χ4n) is 1.33. The molecule has 0 saturated heterocycles. The highest BCUT2D eigenvalue weighted by molar-refractivity contribution is 6.36. The molecule has 9 heteroatoms. The second-order valence-electron chi connectivity index (χ2n) is 3.47. The fraction of sp³-hybridized carbons (Fsp3) is 0. The first kappa shape index (κ1) is 13.3. The van der Waals surface area contributed by atoms with E-state index in [1.165, 1.54) is 6.07 Å². The Morgan fingerprint density at radius 3 is 2.74 bits per heavy atom. The lowest BCUT2D eigenvalue weighted by molar-refractivity contribution is -0.384. The zero-order chi connectivity index (χ0) is 14.0. The lowest BCUT2D eigenvalue weighted by atomic mass is 10.3. The van der Waals surface area contributed by atoms with E-state index < -0.39 is 4.92 Å². The largest absolute Gasteiger partial charge is 0.368 e. The molecule has 7 nitrogen and oxygen atoms in total. The van der Waals surface area contributed by atoms with Gasteiger partial charge in [0.2, 0.25) is 11.8 Å². The molecule has 0 aliphatic rings. The summed E-state index contributed by atoms with van der Waals surface area (Å²) in [4.78, 5) is 17.6. The molecule has 0 fully saturated rings. The van der Waals surface area contributed by atoms with Crippen LogP contribution in [0.2, 0.25) is 10.0 Å². The zero-order valence-corrected chi connectivity index (χ0v) is 10.8. The van der Waals surface area contributed by atoms with Crippen molar-refractivity contribution in [3.63, 3.8) is 0 Å². The van der Waals surface area contributed by atoms with Gasteiger partial charge in [0.05, 0.1) is 15.6 Å². The number of rotatable bonds is 3. The Balaban J connectivity index is 2.42. The third-order valence-corrected chi connectivity index (χ3v) is 2.72. The minimum atomic E-state index is -0.619. The van der Waals surface area contributed by atoms with E-state index in [4.69, 9.17) is 28.9 Å². The molecule has 0 atom stereocenters. The predicted octanol–water partition coefficient (Wildman–Crippen LogP) is 3.02. The summed E-state index contributed by atoms with van der Waals surface area (Å²) in [5.74, 6) is -0.125. The van der Waals surface area contributed by atoms with Crippen LogP contribution in [-0.4, -0.2) is 14.9 Å². The van der Waals surface area contributed by atoms with Gasteiger partial charge in [-0.05, 0) is 18.2 Å². The number of benzene rings is 1. The number of hydrogen-bond donors (Lipinski definition) is 2. The van der Waals surface area contributed by atoms with Crippen LogP contribution in [0.5, 0.6) is 0 Å². The SMILES string of the molecule is Nc1ncc([N+](=O)[O-])c(Nc2ccc(Cl)cc2Cl)n1. The van der Waals surface area contributed by atoms with E-state index in [1.54, 1.807) is 12.1 Å². The van der Waals surface area contributed by atoms with E-state index in [-0.39, 0.29) is 17.5 Å². The quantitative estimate of drug-likeness (QED) is 0.666. The van der Waals surface area contributed by atoms with Crippen LogP contribution in [0.4, 0.5) is 23.1 Å². The molecule has 0 aliphatic carbocycles. The predicted molar refractivity (Wildman–Crippen MR) is 72.8 cm³/mol. The molecule has 2 aromatic rings. The van der Waals surface area contributed by atoms with E-state index in [0.29, 0.717) is 15.7 Å². The molecule has 2 rings (SSSR count). The van der Waals surface area contributed by atoms with Crippen LogP contribution in [0.25, 0.3) is 0 Å². The molecule has 98 valence electrons. The van der Waals surface area contributed by atoms with Gasteiger partial charge in [0.15, 0.2) is 0 Å². The van der Waals surface area contributed by atoms with Gasteiger partial charge in [-0.3, -0.25) is 10.1 Å².